The Morgan fingerprint density at radius 1 is 0.900 bits per heavy atom. The summed E-state index contributed by atoms with van der Waals surface area (Å²) in [4.78, 5) is 16.9. The maximum Gasteiger partial charge on any atom is 0.162 e. The summed E-state index contributed by atoms with van der Waals surface area (Å²) in [6, 6.07) is 21.0. The second kappa shape index (κ2) is 6.09. The topological polar surface area (TPSA) is 44.9 Å². The van der Waals surface area contributed by atoms with Gasteiger partial charge in [-0.15, -0.1) is 0 Å². The lowest BCUT2D eigenvalue weighted by molar-refractivity contribution is -0.118. The van der Waals surface area contributed by atoms with Crippen molar-refractivity contribution in [2.75, 3.05) is 5.32 Å². The highest BCUT2D eigenvalue weighted by atomic mass is 16.1. The second-order valence-electron chi connectivity index (χ2n) is 9.41. The van der Waals surface area contributed by atoms with E-state index in [0.29, 0.717) is 6.42 Å². The van der Waals surface area contributed by atoms with Crippen molar-refractivity contribution in [1.29, 1.82) is 0 Å². The number of Topliss-reactive ketones (excluding diaryl/α,β-unsaturated/α-hetero) is 1. The van der Waals surface area contributed by atoms with Gasteiger partial charge in [0.15, 0.2) is 5.78 Å². The van der Waals surface area contributed by atoms with Crippen LogP contribution in [0.4, 0.5) is 5.69 Å². The highest BCUT2D eigenvalue weighted by Crippen LogP contribution is 2.52. The van der Waals surface area contributed by atoms with Gasteiger partial charge in [-0.05, 0) is 40.3 Å². The zero-order chi connectivity index (χ0) is 20.5. The first kappa shape index (κ1) is 17.5. The molecule has 3 nitrogen and oxygen atoms in total. The first-order chi connectivity index (χ1) is 14.5. The lowest BCUT2D eigenvalue weighted by atomic mass is 9.68. The minimum absolute atomic E-state index is 0.0355. The fourth-order valence-electron chi connectivity index (χ4n) is 5.40. The van der Waals surface area contributed by atoms with Crippen molar-refractivity contribution in [1.82, 2.24) is 4.98 Å². The number of carbonyl (C=O) groups excluding carboxylic acids is 1. The quantitative estimate of drug-likeness (QED) is 0.382. The summed E-state index contributed by atoms with van der Waals surface area (Å²) in [6.07, 6.45) is 3.56. The smallest absolute Gasteiger partial charge is 0.162 e. The Hall–Kier alpha value is -3.33. The van der Waals surface area contributed by atoms with Gasteiger partial charge in [-0.25, -0.2) is 0 Å². The summed E-state index contributed by atoms with van der Waals surface area (Å²) in [6.45, 7) is 4.42. The van der Waals surface area contributed by atoms with E-state index in [1.165, 1.54) is 27.3 Å². The van der Waals surface area contributed by atoms with Crippen LogP contribution in [-0.4, -0.2) is 10.8 Å². The summed E-state index contributed by atoms with van der Waals surface area (Å²) < 4.78 is 0. The van der Waals surface area contributed by atoms with Crippen molar-refractivity contribution in [2.24, 2.45) is 5.41 Å². The third-order valence-corrected chi connectivity index (χ3v) is 6.67. The molecule has 1 aliphatic carbocycles. The maximum atomic E-state index is 13.5. The number of fused-ring (bicyclic) bond motifs is 5. The van der Waals surface area contributed by atoms with Crippen LogP contribution in [0.25, 0.3) is 27.2 Å². The van der Waals surface area contributed by atoms with Gasteiger partial charge in [0.05, 0.1) is 6.04 Å². The van der Waals surface area contributed by atoms with Crippen molar-refractivity contribution >= 4 is 38.7 Å². The molecular weight excluding hydrogens is 368 g/mol. The van der Waals surface area contributed by atoms with E-state index in [2.05, 4.69) is 84.9 Å². The van der Waals surface area contributed by atoms with Gasteiger partial charge in [0.2, 0.25) is 0 Å². The van der Waals surface area contributed by atoms with Crippen LogP contribution in [0, 0.1) is 5.41 Å². The molecule has 2 heterocycles. The first-order valence-electron chi connectivity index (χ1n) is 10.6. The van der Waals surface area contributed by atoms with E-state index in [0.717, 1.165) is 28.8 Å². The molecule has 1 aliphatic heterocycles. The number of aromatic nitrogens is 1. The zero-order valence-electron chi connectivity index (χ0n) is 17.3. The average molecular weight is 393 g/mol. The molecule has 0 spiro atoms. The molecule has 3 heteroatoms. The van der Waals surface area contributed by atoms with E-state index in [1.807, 2.05) is 6.07 Å². The molecule has 1 unspecified atom stereocenters. The van der Waals surface area contributed by atoms with Gasteiger partial charge in [-0.2, -0.15) is 0 Å². The Morgan fingerprint density at radius 3 is 2.53 bits per heavy atom. The molecule has 148 valence electrons. The van der Waals surface area contributed by atoms with E-state index < -0.39 is 0 Å². The number of ketones is 1. The predicted octanol–water partition coefficient (Wildman–Crippen LogP) is 6.63. The second-order valence-corrected chi connectivity index (χ2v) is 9.41. The van der Waals surface area contributed by atoms with E-state index >= 15 is 0 Å². The molecule has 4 aromatic rings. The number of rotatable bonds is 1. The molecule has 0 saturated heterocycles. The Morgan fingerprint density at radius 2 is 1.67 bits per heavy atom. The molecule has 0 bridgehead atoms. The molecule has 2 aliphatic rings. The number of hydrogen-bond donors (Lipinski definition) is 2. The Balaban J connectivity index is 1.66. The number of hydrogen-bond acceptors (Lipinski definition) is 2. The van der Waals surface area contributed by atoms with Gasteiger partial charge < -0.3 is 10.3 Å². The number of anilines is 1. The molecule has 0 amide bonds. The number of nitrogens with one attached hydrogen (secondary N) is 2. The molecule has 1 atom stereocenters. The number of aromatic amines is 1. The fourth-order valence-corrected chi connectivity index (χ4v) is 5.40. The third-order valence-electron chi connectivity index (χ3n) is 6.67. The molecule has 0 saturated carbocycles. The van der Waals surface area contributed by atoms with Crippen molar-refractivity contribution in [3.05, 3.63) is 83.6 Å². The van der Waals surface area contributed by atoms with E-state index in [9.17, 15) is 4.79 Å². The van der Waals surface area contributed by atoms with E-state index in [1.54, 1.807) is 0 Å². The van der Waals surface area contributed by atoms with Crippen LogP contribution in [0.3, 0.4) is 0 Å². The van der Waals surface area contributed by atoms with Crippen LogP contribution >= 0.6 is 0 Å². The minimum atomic E-state index is -0.131. The highest BCUT2D eigenvalue weighted by Gasteiger charge is 2.41. The largest absolute Gasteiger partial charge is 0.373 e. The molecule has 30 heavy (non-hydrogen) atoms. The number of allylic oxidation sites excluding steroid dienone is 1. The summed E-state index contributed by atoms with van der Waals surface area (Å²) in [7, 11) is 0. The van der Waals surface area contributed by atoms with Crippen LogP contribution in [0.2, 0.25) is 0 Å². The van der Waals surface area contributed by atoms with Crippen LogP contribution in [0.1, 0.15) is 43.9 Å². The van der Waals surface area contributed by atoms with Crippen molar-refractivity contribution in [2.45, 2.75) is 32.7 Å². The van der Waals surface area contributed by atoms with Gasteiger partial charge in [0.1, 0.15) is 0 Å². The minimum Gasteiger partial charge on any atom is -0.373 e. The third kappa shape index (κ3) is 2.48. The number of para-hydroxylation sites is 1. The Kier molecular flexibility index (Phi) is 3.55. The van der Waals surface area contributed by atoms with E-state index in [-0.39, 0.29) is 17.2 Å². The van der Waals surface area contributed by atoms with Gasteiger partial charge in [0.25, 0.3) is 0 Å². The van der Waals surface area contributed by atoms with Gasteiger partial charge >= 0.3 is 0 Å². The fraction of sp³-hybridized carbons (Fsp3) is 0.222. The number of H-pyrrole nitrogens is 1. The summed E-state index contributed by atoms with van der Waals surface area (Å²) in [5, 5.41) is 7.35. The summed E-state index contributed by atoms with van der Waals surface area (Å²) >= 11 is 0. The molecule has 6 rings (SSSR count). The zero-order valence-corrected chi connectivity index (χ0v) is 17.3. The van der Waals surface area contributed by atoms with E-state index in [4.69, 9.17) is 0 Å². The Bertz CT molecular complexity index is 1370. The highest BCUT2D eigenvalue weighted by molar-refractivity contribution is 6.13. The predicted molar refractivity (Wildman–Crippen MR) is 124 cm³/mol. The average Bonchev–Trinajstić information content (AvgIpc) is 3.16. The van der Waals surface area contributed by atoms with Crippen molar-refractivity contribution in [3.8, 4) is 0 Å². The monoisotopic (exact) mass is 392 g/mol. The molecule has 1 aromatic heterocycles. The van der Waals surface area contributed by atoms with Gasteiger partial charge in [-0.1, -0.05) is 62.4 Å². The number of carbonyl (C=O) groups is 1. The molecule has 0 radical (unpaired) electrons. The first-order valence-corrected chi connectivity index (χ1v) is 10.6. The normalized spacial score (nSPS) is 20.2. The van der Waals surface area contributed by atoms with Crippen molar-refractivity contribution < 1.29 is 4.79 Å². The molecule has 0 fully saturated rings. The summed E-state index contributed by atoms with van der Waals surface area (Å²) in [5.41, 5.74) is 6.70. The lowest BCUT2D eigenvalue weighted by Gasteiger charge is -2.40. The van der Waals surface area contributed by atoms with Crippen LogP contribution in [0.5, 0.6) is 0 Å². The number of benzene rings is 3. The summed E-state index contributed by atoms with van der Waals surface area (Å²) in [5.74, 6) is 0.266. The maximum absolute atomic E-state index is 13.5. The van der Waals surface area contributed by atoms with Crippen LogP contribution < -0.4 is 5.32 Å². The van der Waals surface area contributed by atoms with Crippen LogP contribution in [0.15, 0.2) is 72.4 Å². The molecule has 3 aromatic carbocycles. The van der Waals surface area contributed by atoms with Crippen LogP contribution in [-0.2, 0) is 4.79 Å². The molecular formula is C27H24N2O. The van der Waals surface area contributed by atoms with Gasteiger partial charge in [0, 0.05) is 45.9 Å². The molecule has 2 N–H and O–H groups in total. The SMILES string of the molecule is CC1(C)CC(=O)C2=C(C1)c1c(ccc3ccccc13)NC2c1c[nH]c2ccccc12. The lowest BCUT2D eigenvalue weighted by Crippen LogP contribution is -2.33. The Labute approximate surface area is 175 Å². The standard InChI is InChI=1S/C27H24N2O/c1-27(2)13-19-24-17-8-4-3-7-16(17)11-12-22(24)29-26(25(19)23(30)14-27)20-15-28-21-10-6-5-9-18(20)21/h3-12,15,26,28-29H,13-14H2,1-2H3. The van der Waals surface area contributed by atoms with Gasteiger partial charge in [-0.3, -0.25) is 4.79 Å². The van der Waals surface area contributed by atoms with Crippen molar-refractivity contribution in [3.63, 3.8) is 0 Å².